The van der Waals surface area contributed by atoms with Crippen molar-refractivity contribution >= 4 is 20.2 Å². The van der Waals surface area contributed by atoms with E-state index in [9.17, 15) is 14.7 Å². The molecule has 0 aromatic heterocycles. The van der Waals surface area contributed by atoms with Crippen molar-refractivity contribution in [2.75, 3.05) is 6.61 Å². The van der Waals surface area contributed by atoms with Gasteiger partial charge in [0.15, 0.2) is 12.0 Å². The monoisotopic (exact) mass is 386 g/mol. The Morgan fingerprint density at radius 3 is 2.54 bits per heavy atom. The second-order valence-electron chi connectivity index (χ2n) is 7.64. The Bertz CT molecular complexity index is 600. The van der Waals surface area contributed by atoms with Gasteiger partial charge in [-0.05, 0) is 40.7 Å². The molecule has 5 atom stereocenters. The summed E-state index contributed by atoms with van der Waals surface area (Å²) < 4.78 is 20.1. The van der Waals surface area contributed by atoms with Crippen LogP contribution in [0.4, 0.5) is 0 Å². The van der Waals surface area contributed by atoms with Crippen LogP contribution in [-0.2, 0) is 23.4 Å². The highest BCUT2D eigenvalue weighted by atomic mass is 31.2. The third-order valence-electron chi connectivity index (χ3n) is 4.80. The molecule has 3 rings (SSSR count). The molecule has 0 saturated carbocycles. The van der Waals surface area contributed by atoms with Gasteiger partial charge in [0.25, 0.3) is 8.53 Å². The minimum absolute atomic E-state index is 0.221. The topological polar surface area (TPSA) is 88.5 Å². The molecule has 1 N–H and O–H groups in total. The summed E-state index contributed by atoms with van der Waals surface area (Å²) in [6, 6.07) is 0.441. The van der Waals surface area contributed by atoms with Crippen molar-refractivity contribution < 1.29 is 28.5 Å². The zero-order valence-electron chi connectivity index (χ0n) is 15.8. The number of ether oxygens (including phenoxy) is 1. The molecule has 8 nitrogen and oxygen atoms in total. The molecule has 0 bridgehead atoms. The average Bonchev–Trinajstić information content (AvgIpc) is 2.78. The van der Waals surface area contributed by atoms with Crippen LogP contribution in [-0.4, -0.2) is 69.1 Å². The smallest absolute Gasteiger partial charge is 0.259 e. The van der Waals surface area contributed by atoms with Crippen LogP contribution in [0.2, 0.25) is 0 Å². The fourth-order valence-corrected chi connectivity index (χ4v) is 5.53. The van der Waals surface area contributed by atoms with Crippen molar-refractivity contribution in [3.05, 3.63) is 12.3 Å². The van der Waals surface area contributed by atoms with E-state index in [1.165, 1.54) is 17.2 Å². The summed E-state index contributed by atoms with van der Waals surface area (Å²) in [5.41, 5.74) is -1.42. The van der Waals surface area contributed by atoms with E-state index in [0.29, 0.717) is 0 Å². The van der Waals surface area contributed by atoms with Crippen molar-refractivity contribution in [2.45, 2.75) is 77.2 Å². The van der Waals surface area contributed by atoms with Gasteiger partial charge in [0.05, 0.1) is 13.0 Å². The quantitative estimate of drug-likeness (QED) is 0.579. The molecule has 0 aromatic rings. The Hall–Kier alpha value is -0.890. The van der Waals surface area contributed by atoms with E-state index in [1.807, 2.05) is 0 Å². The summed E-state index contributed by atoms with van der Waals surface area (Å²) in [6.07, 6.45) is 0.467. The van der Waals surface area contributed by atoms with Crippen molar-refractivity contribution in [1.82, 2.24) is 9.57 Å². The fourth-order valence-electron chi connectivity index (χ4n) is 3.65. The first kappa shape index (κ1) is 19.9. The van der Waals surface area contributed by atoms with Crippen LogP contribution in [0.25, 0.3) is 0 Å². The summed E-state index contributed by atoms with van der Waals surface area (Å²) >= 11 is 0. The molecule has 0 radical (unpaired) electrons. The number of allylic oxidation sites excluding steroid dienone is 1. The Labute approximate surface area is 155 Å². The molecule has 1 amide bonds. The lowest BCUT2D eigenvalue weighted by atomic mass is 9.95. The minimum atomic E-state index is -1.42. The van der Waals surface area contributed by atoms with Crippen LogP contribution in [0.3, 0.4) is 0 Å². The molecule has 0 spiro atoms. The Balaban J connectivity index is 1.80. The molecule has 9 heteroatoms. The average molecular weight is 386 g/mol. The van der Waals surface area contributed by atoms with Gasteiger partial charge in [0.1, 0.15) is 17.8 Å². The largest absolute Gasteiger partial charge is 0.383 e. The summed E-state index contributed by atoms with van der Waals surface area (Å²) in [5.74, 6) is -0.649. The minimum Gasteiger partial charge on any atom is -0.383 e. The van der Waals surface area contributed by atoms with Gasteiger partial charge < -0.3 is 18.9 Å². The Morgan fingerprint density at radius 2 is 1.96 bits per heavy atom. The van der Waals surface area contributed by atoms with Gasteiger partial charge in [0.2, 0.25) is 5.91 Å². The number of carbonyl (C=O) groups excluding carboxylic acids is 2. The van der Waals surface area contributed by atoms with Crippen molar-refractivity contribution in [3.63, 3.8) is 0 Å². The molecule has 1 unspecified atom stereocenters. The van der Waals surface area contributed by atoms with Gasteiger partial charge in [-0.25, -0.2) is 4.67 Å². The van der Waals surface area contributed by atoms with E-state index in [1.54, 1.807) is 6.92 Å². The zero-order chi connectivity index (χ0) is 19.2. The van der Waals surface area contributed by atoms with Crippen LogP contribution in [0.5, 0.6) is 0 Å². The summed E-state index contributed by atoms with van der Waals surface area (Å²) in [4.78, 5) is 24.9. The van der Waals surface area contributed by atoms with Crippen molar-refractivity contribution in [2.24, 2.45) is 0 Å². The van der Waals surface area contributed by atoms with Crippen LogP contribution in [0.15, 0.2) is 12.3 Å². The van der Waals surface area contributed by atoms with E-state index in [4.69, 9.17) is 13.8 Å². The first-order chi connectivity index (χ1) is 12.1. The van der Waals surface area contributed by atoms with Gasteiger partial charge in [-0.3, -0.25) is 14.5 Å². The number of ketones is 1. The molecule has 0 aromatic carbocycles. The number of amides is 1. The van der Waals surface area contributed by atoms with Crippen LogP contribution < -0.4 is 0 Å². The second kappa shape index (κ2) is 7.26. The predicted molar refractivity (Wildman–Crippen MR) is 94.8 cm³/mol. The van der Waals surface area contributed by atoms with Gasteiger partial charge in [-0.15, -0.1) is 0 Å². The lowest BCUT2D eigenvalue weighted by Crippen LogP contribution is -2.55. The van der Waals surface area contributed by atoms with E-state index >= 15 is 0 Å². The van der Waals surface area contributed by atoms with Gasteiger partial charge in [0, 0.05) is 18.3 Å². The highest BCUT2D eigenvalue weighted by molar-refractivity contribution is 7.44. The van der Waals surface area contributed by atoms with E-state index in [-0.39, 0.29) is 30.9 Å². The van der Waals surface area contributed by atoms with Crippen LogP contribution >= 0.6 is 8.53 Å². The molecule has 146 valence electrons. The number of fused-ring (bicyclic) bond motifs is 1. The van der Waals surface area contributed by atoms with E-state index in [0.717, 1.165) is 0 Å². The molecule has 2 fully saturated rings. The highest BCUT2D eigenvalue weighted by Crippen LogP contribution is 2.54. The third kappa shape index (κ3) is 3.46. The SMILES string of the molecule is CC(C)N(C(C)C)P1OC[C@H]2O[C@@H](N3C=CC(=O)CC3=O)[C@](C)(O)[C@@H]2O1. The molecular formula is C17H27N2O6P. The predicted octanol–water partition coefficient (Wildman–Crippen LogP) is 1.54. The summed E-state index contributed by atoms with van der Waals surface area (Å²) in [5, 5.41) is 11.1. The van der Waals surface area contributed by atoms with E-state index in [2.05, 4.69) is 32.4 Å². The number of nitrogens with zero attached hydrogens (tertiary/aromatic N) is 2. The number of hydrogen-bond acceptors (Lipinski definition) is 7. The maximum atomic E-state index is 12.2. The van der Waals surface area contributed by atoms with E-state index < -0.39 is 38.5 Å². The molecule has 2 saturated heterocycles. The van der Waals surface area contributed by atoms with Gasteiger partial charge in [-0.2, -0.15) is 0 Å². The van der Waals surface area contributed by atoms with Crippen LogP contribution in [0.1, 0.15) is 41.0 Å². The Morgan fingerprint density at radius 1 is 1.31 bits per heavy atom. The lowest BCUT2D eigenvalue weighted by Gasteiger charge is -2.42. The molecule has 3 heterocycles. The van der Waals surface area contributed by atoms with Gasteiger partial charge >= 0.3 is 0 Å². The molecular weight excluding hydrogens is 359 g/mol. The Kier molecular flexibility index (Phi) is 5.55. The summed E-state index contributed by atoms with van der Waals surface area (Å²) in [7, 11) is -1.34. The van der Waals surface area contributed by atoms with Crippen molar-refractivity contribution in [1.29, 1.82) is 0 Å². The maximum absolute atomic E-state index is 12.2. The maximum Gasteiger partial charge on any atom is 0.259 e. The first-order valence-electron chi connectivity index (χ1n) is 8.91. The number of hydrogen-bond donors (Lipinski definition) is 1. The number of carbonyl (C=O) groups is 2. The highest BCUT2D eigenvalue weighted by Gasteiger charge is 2.60. The number of aliphatic hydroxyl groups is 1. The molecule has 0 aliphatic carbocycles. The zero-order valence-corrected chi connectivity index (χ0v) is 16.7. The lowest BCUT2D eigenvalue weighted by molar-refractivity contribution is -0.156. The van der Waals surface area contributed by atoms with Crippen molar-refractivity contribution in [3.8, 4) is 0 Å². The standard InChI is InChI=1S/C17H27N2O6P/c1-10(2)19(11(3)4)26-23-9-13-15(25-26)17(5,22)16(24-13)18-7-6-12(20)8-14(18)21/h6-7,10-11,13,15-16,22H,8-9H2,1-5H3/t13-,15-,16-,17-,26?/m1/s1. The third-order valence-corrected chi connectivity index (χ3v) is 6.88. The number of rotatable bonds is 4. The first-order valence-corrected chi connectivity index (χ1v) is 10.0. The molecule has 26 heavy (non-hydrogen) atoms. The second-order valence-corrected chi connectivity index (χ2v) is 9.05. The fraction of sp³-hybridized carbons (Fsp3) is 0.765. The normalized spacial score (nSPS) is 38.0. The summed E-state index contributed by atoms with van der Waals surface area (Å²) in [6.45, 7) is 10.2. The molecule has 3 aliphatic rings. The van der Waals surface area contributed by atoms with Gasteiger partial charge in [-0.1, -0.05) is 0 Å². The molecule has 3 aliphatic heterocycles. The van der Waals surface area contributed by atoms with Crippen LogP contribution in [0, 0.1) is 0 Å².